The van der Waals surface area contributed by atoms with E-state index in [0.717, 1.165) is 25.7 Å². The number of nitrogens with zero attached hydrogens (tertiary/aromatic N) is 1. The van der Waals surface area contributed by atoms with Crippen molar-refractivity contribution in [2.24, 2.45) is 11.7 Å². The Hall–Kier alpha value is -3.14. The van der Waals surface area contributed by atoms with Gasteiger partial charge in [0.25, 0.3) is 0 Å². The zero-order valence-electron chi connectivity index (χ0n) is 18.0. The van der Waals surface area contributed by atoms with Crippen LogP contribution in [0.15, 0.2) is 28.7 Å². The molecule has 0 spiro atoms. The summed E-state index contributed by atoms with van der Waals surface area (Å²) >= 11 is 0. The van der Waals surface area contributed by atoms with Gasteiger partial charge in [0, 0.05) is 6.54 Å². The minimum Gasteiger partial charge on any atom is -0.480 e. The lowest BCUT2D eigenvalue weighted by molar-refractivity contribution is -0.140. The molecule has 1 aliphatic heterocycles. The van der Waals surface area contributed by atoms with Crippen molar-refractivity contribution in [3.63, 3.8) is 0 Å². The molecule has 0 bridgehead atoms. The summed E-state index contributed by atoms with van der Waals surface area (Å²) in [5, 5.41) is 22.1. The number of hydrogen-bond donors (Lipinski definition) is 5. The first-order chi connectivity index (χ1) is 15.3. The number of nitrogens with two attached hydrogens (primary N) is 1. The molecule has 10 nitrogen and oxygen atoms in total. The van der Waals surface area contributed by atoms with Crippen molar-refractivity contribution in [2.45, 2.75) is 57.2 Å². The van der Waals surface area contributed by atoms with Crippen LogP contribution in [0.4, 0.5) is 0 Å². The summed E-state index contributed by atoms with van der Waals surface area (Å²) in [6.07, 6.45) is 9.51. The van der Waals surface area contributed by atoms with Crippen molar-refractivity contribution in [2.75, 3.05) is 13.1 Å². The average Bonchev–Trinajstić information content (AvgIpc) is 3.45. The summed E-state index contributed by atoms with van der Waals surface area (Å²) in [5.74, 6) is -0.805. The number of carboxylic acids is 1. The Labute approximate surface area is 186 Å². The Bertz CT molecular complexity index is 874. The summed E-state index contributed by atoms with van der Waals surface area (Å²) in [6.45, 7) is 0.0849. The molecular weight excluding hydrogens is 414 g/mol. The van der Waals surface area contributed by atoms with E-state index in [4.69, 9.17) is 20.7 Å². The molecule has 1 aliphatic carbocycles. The molecule has 0 saturated heterocycles. The van der Waals surface area contributed by atoms with Crippen LogP contribution in [0.3, 0.4) is 0 Å². The van der Waals surface area contributed by atoms with Gasteiger partial charge in [-0.15, -0.1) is 0 Å². The molecule has 1 aromatic heterocycles. The fourth-order valence-electron chi connectivity index (χ4n) is 4.31. The van der Waals surface area contributed by atoms with Crippen LogP contribution in [-0.2, 0) is 20.9 Å². The molecule has 1 aromatic rings. The van der Waals surface area contributed by atoms with E-state index in [0.29, 0.717) is 24.6 Å². The summed E-state index contributed by atoms with van der Waals surface area (Å²) in [4.78, 5) is 38.6. The second kappa shape index (κ2) is 10.9. The number of nitrogen functional groups attached to an aromatic ring is 1. The van der Waals surface area contributed by atoms with Crippen LogP contribution < -0.4 is 16.4 Å². The van der Waals surface area contributed by atoms with Gasteiger partial charge in [-0.3, -0.25) is 25.1 Å². The van der Waals surface area contributed by atoms with Crippen LogP contribution in [-0.4, -0.2) is 58.8 Å². The van der Waals surface area contributed by atoms with Crippen molar-refractivity contribution in [3.05, 3.63) is 35.8 Å². The van der Waals surface area contributed by atoms with Crippen molar-refractivity contribution in [1.82, 2.24) is 15.5 Å². The molecule has 0 radical (unpaired) electrons. The normalized spacial score (nSPS) is 19.6. The quantitative estimate of drug-likeness (QED) is 0.203. The molecule has 3 rings (SSSR count). The molecule has 2 atom stereocenters. The van der Waals surface area contributed by atoms with E-state index in [2.05, 4.69) is 10.6 Å². The average molecular weight is 446 g/mol. The highest BCUT2D eigenvalue weighted by molar-refractivity contribution is 5.93. The molecule has 2 amide bonds. The third-order valence-corrected chi connectivity index (χ3v) is 5.96. The predicted molar refractivity (Wildman–Crippen MR) is 117 cm³/mol. The number of nitrogens with one attached hydrogen (secondary N) is 3. The van der Waals surface area contributed by atoms with Crippen LogP contribution in [0.25, 0.3) is 0 Å². The van der Waals surface area contributed by atoms with Gasteiger partial charge in [-0.25, -0.2) is 0 Å². The minimum absolute atomic E-state index is 0.0985. The topological polar surface area (TPSA) is 162 Å². The van der Waals surface area contributed by atoms with E-state index in [1.807, 2.05) is 0 Å². The van der Waals surface area contributed by atoms with E-state index in [1.165, 1.54) is 11.3 Å². The van der Waals surface area contributed by atoms with Gasteiger partial charge in [-0.05, 0) is 24.5 Å². The fourth-order valence-corrected chi connectivity index (χ4v) is 4.31. The molecule has 2 heterocycles. The van der Waals surface area contributed by atoms with Gasteiger partial charge in [0.2, 0.25) is 11.8 Å². The zero-order valence-corrected chi connectivity index (χ0v) is 18.0. The summed E-state index contributed by atoms with van der Waals surface area (Å²) < 4.78 is 5.38. The van der Waals surface area contributed by atoms with Crippen LogP contribution in [0, 0.1) is 11.3 Å². The summed E-state index contributed by atoms with van der Waals surface area (Å²) in [7, 11) is 0. The maximum absolute atomic E-state index is 13.3. The Kier molecular flexibility index (Phi) is 8.04. The first-order valence-corrected chi connectivity index (χ1v) is 11.0. The largest absolute Gasteiger partial charge is 0.480 e. The second-order valence-corrected chi connectivity index (χ2v) is 8.33. The lowest BCUT2D eigenvalue weighted by Gasteiger charge is -2.31. The van der Waals surface area contributed by atoms with Crippen LogP contribution in [0.2, 0.25) is 0 Å². The SMILES string of the molecule is N=C(N)c1ccc(CNC(=O)[C@@H]2C=CCN2C(=O)[C@@H](CC2CCCCC2)NCC(=O)O)o1. The van der Waals surface area contributed by atoms with Gasteiger partial charge < -0.3 is 25.5 Å². The zero-order chi connectivity index (χ0) is 23.1. The van der Waals surface area contributed by atoms with E-state index >= 15 is 0 Å². The third-order valence-electron chi connectivity index (χ3n) is 5.96. The first-order valence-electron chi connectivity index (χ1n) is 11.0. The lowest BCUT2D eigenvalue weighted by atomic mass is 9.84. The van der Waals surface area contributed by atoms with Gasteiger partial charge in [0.1, 0.15) is 11.8 Å². The number of furan rings is 1. The van der Waals surface area contributed by atoms with Gasteiger partial charge in [-0.2, -0.15) is 0 Å². The van der Waals surface area contributed by atoms with E-state index in [9.17, 15) is 14.4 Å². The number of rotatable bonds is 10. The minimum atomic E-state index is -1.02. The molecule has 6 N–H and O–H groups in total. The monoisotopic (exact) mass is 445 g/mol. The highest BCUT2D eigenvalue weighted by atomic mass is 16.4. The van der Waals surface area contributed by atoms with Crippen molar-refractivity contribution in [1.29, 1.82) is 5.41 Å². The van der Waals surface area contributed by atoms with Gasteiger partial charge in [0.05, 0.1) is 19.1 Å². The second-order valence-electron chi connectivity index (χ2n) is 8.33. The Morgan fingerprint density at radius 1 is 1.25 bits per heavy atom. The predicted octanol–water partition coefficient (Wildman–Crippen LogP) is 0.960. The van der Waals surface area contributed by atoms with Crippen LogP contribution >= 0.6 is 0 Å². The Morgan fingerprint density at radius 2 is 2.00 bits per heavy atom. The number of amidine groups is 1. The van der Waals surface area contributed by atoms with E-state index in [1.54, 1.807) is 24.3 Å². The Balaban J connectivity index is 1.61. The molecule has 1 saturated carbocycles. The number of hydrogen-bond acceptors (Lipinski definition) is 6. The standard InChI is InChI=1S/C22H31N5O5/c23-20(24)18-9-8-15(32-18)12-26-21(30)17-7-4-10-27(17)22(31)16(25-13-19(28)29)11-14-5-2-1-3-6-14/h4,7-9,14,16-17,25H,1-3,5-6,10-13H2,(H3,23,24)(H,26,30)(H,28,29)/t16-,17+/m1/s1. The highest BCUT2D eigenvalue weighted by Gasteiger charge is 2.35. The molecule has 2 aliphatic rings. The molecular formula is C22H31N5O5. The molecule has 1 fully saturated rings. The maximum Gasteiger partial charge on any atom is 0.317 e. The fraction of sp³-hybridized carbons (Fsp3) is 0.545. The van der Waals surface area contributed by atoms with Gasteiger partial charge in [0.15, 0.2) is 11.6 Å². The lowest BCUT2D eigenvalue weighted by Crippen LogP contribution is -2.53. The molecule has 174 valence electrons. The van der Waals surface area contributed by atoms with E-state index < -0.39 is 18.1 Å². The van der Waals surface area contributed by atoms with Crippen molar-refractivity contribution < 1.29 is 23.9 Å². The highest BCUT2D eigenvalue weighted by Crippen LogP contribution is 2.28. The summed E-state index contributed by atoms with van der Waals surface area (Å²) in [6, 6.07) is 1.76. The van der Waals surface area contributed by atoms with Crippen LogP contribution in [0.1, 0.15) is 50.0 Å². The van der Waals surface area contributed by atoms with E-state index in [-0.39, 0.29) is 36.5 Å². The number of aliphatic carboxylic acids is 1. The van der Waals surface area contributed by atoms with Crippen LogP contribution in [0.5, 0.6) is 0 Å². The van der Waals surface area contributed by atoms with Gasteiger partial charge >= 0.3 is 5.97 Å². The number of carbonyl (C=O) groups excluding carboxylic acids is 2. The van der Waals surface area contributed by atoms with Gasteiger partial charge in [-0.1, -0.05) is 44.3 Å². The third kappa shape index (κ3) is 6.19. The number of carbonyl (C=O) groups is 3. The molecule has 32 heavy (non-hydrogen) atoms. The number of amides is 2. The van der Waals surface area contributed by atoms with Crippen molar-refractivity contribution >= 4 is 23.6 Å². The Morgan fingerprint density at radius 3 is 2.66 bits per heavy atom. The van der Waals surface area contributed by atoms with Crippen molar-refractivity contribution in [3.8, 4) is 0 Å². The molecule has 0 aromatic carbocycles. The number of carboxylic acid groups (broad SMARTS) is 1. The smallest absolute Gasteiger partial charge is 0.317 e. The summed E-state index contributed by atoms with van der Waals surface area (Å²) in [5.41, 5.74) is 5.38. The maximum atomic E-state index is 13.3. The molecule has 10 heteroatoms. The first kappa shape index (κ1) is 23.5. The molecule has 0 unspecified atom stereocenters.